The first-order chi connectivity index (χ1) is 10.0. The van der Waals surface area contributed by atoms with Crippen LogP contribution in [-0.4, -0.2) is 17.1 Å². The molecule has 21 heavy (non-hydrogen) atoms. The maximum absolute atomic E-state index is 9.44. The van der Waals surface area contributed by atoms with E-state index < -0.39 is 0 Å². The van der Waals surface area contributed by atoms with Gasteiger partial charge in [-0.1, -0.05) is 32.9 Å². The lowest BCUT2D eigenvalue weighted by molar-refractivity contribution is 0.281. The fourth-order valence-electron chi connectivity index (χ4n) is 2.24. The largest absolute Gasteiger partial charge is 0.392 e. The molecule has 0 atom stereocenters. The van der Waals surface area contributed by atoms with Crippen LogP contribution >= 0.6 is 0 Å². The molecule has 2 rings (SSSR count). The Morgan fingerprint density at radius 3 is 2.29 bits per heavy atom. The standard InChI is InChI=1S/C18H24N2O/c1-5-14-6-8-16(9-7-14)20(4)18-11-15(12-21)10-17(19-18)13(2)3/h6-11,13,21H,5,12H2,1-4H3. The minimum atomic E-state index is 0.0395. The second-order valence-corrected chi connectivity index (χ2v) is 5.65. The summed E-state index contributed by atoms with van der Waals surface area (Å²) >= 11 is 0. The van der Waals surface area contributed by atoms with E-state index in [1.165, 1.54) is 5.56 Å². The van der Waals surface area contributed by atoms with Gasteiger partial charge in [0, 0.05) is 18.4 Å². The lowest BCUT2D eigenvalue weighted by Gasteiger charge is -2.21. The molecule has 0 saturated carbocycles. The molecule has 0 amide bonds. The predicted molar refractivity (Wildman–Crippen MR) is 88.1 cm³/mol. The molecule has 0 aliphatic heterocycles. The highest BCUT2D eigenvalue weighted by molar-refractivity contribution is 5.60. The Labute approximate surface area is 127 Å². The maximum Gasteiger partial charge on any atom is 0.133 e. The molecule has 0 bridgehead atoms. The molecule has 0 unspecified atom stereocenters. The smallest absolute Gasteiger partial charge is 0.133 e. The number of hydrogen-bond donors (Lipinski definition) is 1. The number of nitrogens with zero attached hydrogens (tertiary/aromatic N) is 2. The van der Waals surface area contributed by atoms with Gasteiger partial charge in [-0.15, -0.1) is 0 Å². The van der Waals surface area contributed by atoms with Crippen LogP contribution in [0.2, 0.25) is 0 Å². The minimum absolute atomic E-state index is 0.0395. The molecule has 3 nitrogen and oxygen atoms in total. The van der Waals surface area contributed by atoms with Gasteiger partial charge in [0.05, 0.1) is 6.61 Å². The first kappa shape index (κ1) is 15.5. The highest BCUT2D eigenvalue weighted by Crippen LogP contribution is 2.25. The van der Waals surface area contributed by atoms with Crippen molar-refractivity contribution in [1.82, 2.24) is 4.98 Å². The molecule has 0 aliphatic rings. The zero-order valence-electron chi connectivity index (χ0n) is 13.3. The third-order valence-corrected chi connectivity index (χ3v) is 3.74. The van der Waals surface area contributed by atoms with Gasteiger partial charge < -0.3 is 10.0 Å². The molecule has 0 saturated heterocycles. The molecule has 3 heteroatoms. The molecule has 1 aromatic heterocycles. The van der Waals surface area contributed by atoms with Crippen LogP contribution in [0.1, 0.15) is 43.5 Å². The highest BCUT2D eigenvalue weighted by atomic mass is 16.3. The Hall–Kier alpha value is -1.87. The van der Waals surface area contributed by atoms with Crippen molar-refractivity contribution in [2.24, 2.45) is 0 Å². The number of aryl methyl sites for hydroxylation is 1. The number of rotatable bonds is 5. The lowest BCUT2D eigenvalue weighted by Crippen LogP contribution is -2.13. The van der Waals surface area contributed by atoms with Crippen LogP contribution in [0.5, 0.6) is 0 Å². The monoisotopic (exact) mass is 284 g/mol. The van der Waals surface area contributed by atoms with E-state index >= 15 is 0 Å². The van der Waals surface area contributed by atoms with Gasteiger partial charge in [-0.2, -0.15) is 0 Å². The van der Waals surface area contributed by atoms with Gasteiger partial charge in [0.2, 0.25) is 0 Å². The normalized spacial score (nSPS) is 11.0. The summed E-state index contributed by atoms with van der Waals surface area (Å²) in [6.45, 7) is 6.42. The van der Waals surface area contributed by atoms with Crippen molar-refractivity contribution < 1.29 is 5.11 Å². The van der Waals surface area contributed by atoms with Crippen LogP contribution in [0.25, 0.3) is 0 Å². The molecule has 0 fully saturated rings. The van der Waals surface area contributed by atoms with Crippen molar-refractivity contribution in [2.45, 2.75) is 39.7 Å². The average Bonchev–Trinajstić information content (AvgIpc) is 2.53. The van der Waals surface area contributed by atoms with Crippen LogP contribution in [0.4, 0.5) is 11.5 Å². The van der Waals surface area contributed by atoms with E-state index in [4.69, 9.17) is 4.98 Å². The topological polar surface area (TPSA) is 36.4 Å². The second kappa shape index (κ2) is 6.72. The predicted octanol–water partition coefficient (Wildman–Crippen LogP) is 4.03. The van der Waals surface area contributed by atoms with Gasteiger partial charge in [0.1, 0.15) is 5.82 Å². The summed E-state index contributed by atoms with van der Waals surface area (Å²) in [6.07, 6.45) is 1.04. The molecule has 112 valence electrons. The summed E-state index contributed by atoms with van der Waals surface area (Å²) in [5.74, 6) is 1.21. The first-order valence-corrected chi connectivity index (χ1v) is 7.49. The van der Waals surface area contributed by atoms with Crippen LogP contribution in [0.15, 0.2) is 36.4 Å². The summed E-state index contributed by atoms with van der Waals surface area (Å²) in [7, 11) is 2.01. The number of anilines is 2. The van der Waals surface area contributed by atoms with E-state index in [-0.39, 0.29) is 6.61 Å². The highest BCUT2D eigenvalue weighted by Gasteiger charge is 2.10. The zero-order valence-corrected chi connectivity index (χ0v) is 13.3. The number of aromatic nitrogens is 1. The number of aliphatic hydroxyl groups is 1. The van der Waals surface area contributed by atoms with Crippen LogP contribution in [0.3, 0.4) is 0 Å². The third-order valence-electron chi connectivity index (χ3n) is 3.74. The van der Waals surface area contributed by atoms with E-state index in [1.54, 1.807) is 0 Å². The van der Waals surface area contributed by atoms with Crippen LogP contribution in [-0.2, 0) is 13.0 Å². The van der Waals surface area contributed by atoms with E-state index in [0.29, 0.717) is 5.92 Å². The first-order valence-electron chi connectivity index (χ1n) is 7.49. The maximum atomic E-state index is 9.44. The molecule has 1 N–H and O–H groups in total. The van der Waals surface area contributed by atoms with Crippen LogP contribution in [0, 0.1) is 0 Å². The Morgan fingerprint density at radius 1 is 1.10 bits per heavy atom. The quantitative estimate of drug-likeness (QED) is 0.900. The van der Waals surface area contributed by atoms with Crippen molar-refractivity contribution in [3.63, 3.8) is 0 Å². The van der Waals surface area contributed by atoms with Gasteiger partial charge in [-0.05, 0) is 47.7 Å². The van der Waals surface area contributed by atoms with Crippen molar-refractivity contribution in [2.75, 3.05) is 11.9 Å². The number of pyridine rings is 1. The number of benzene rings is 1. The Morgan fingerprint density at radius 2 is 1.76 bits per heavy atom. The van der Waals surface area contributed by atoms with E-state index in [1.807, 2.05) is 19.2 Å². The molecule has 2 aromatic rings. The van der Waals surface area contributed by atoms with Crippen LogP contribution < -0.4 is 4.90 Å². The summed E-state index contributed by atoms with van der Waals surface area (Å²) in [4.78, 5) is 6.77. The third kappa shape index (κ3) is 3.61. The molecule has 1 aromatic carbocycles. The summed E-state index contributed by atoms with van der Waals surface area (Å²) < 4.78 is 0. The van der Waals surface area contributed by atoms with Gasteiger partial charge in [0.25, 0.3) is 0 Å². The Kier molecular flexibility index (Phi) is 4.97. The van der Waals surface area contributed by atoms with E-state index in [9.17, 15) is 5.11 Å². The summed E-state index contributed by atoms with van der Waals surface area (Å²) in [5.41, 5.74) is 4.34. The molecule has 0 spiro atoms. The average molecular weight is 284 g/mol. The molecule has 0 radical (unpaired) electrons. The van der Waals surface area contributed by atoms with E-state index in [0.717, 1.165) is 29.2 Å². The summed E-state index contributed by atoms with van der Waals surface area (Å²) in [6, 6.07) is 12.4. The molecular formula is C18H24N2O. The number of aliphatic hydroxyl groups excluding tert-OH is 1. The van der Waals surface area contributed by atoms with Gasteiger partial charge in [0.15, 0.2) is 0 Å². The van der Waals surface area contributed by atoms with Crippen molar-refractivity contribution >= 4 is 11.5 Å². The van der Waals surface area contributed by atoms with Gasteiger partial charge in [-0.25, -0.2) is 4.98 Å². The van der Waals surface area contributed by atoms with Crippen molar-refractivity contribution in [1.29, 1.82) is 0 Å². The van der Waals surface area contributed by atoms with E-state index in [2.05, 4.69) is 49.9 Å². The molecular weight excluding hydrogens is 260 g/mol. The minimum Gasteiger partial charge on any atom is -0.392 e. The lowest BCUT2D eigenvalue weighted by atomic mass is 10.1. The number of hydrogen-bond acceptors (Lipinski definition) is 3. The SMILES string of the molecule is CCc1ccc(N(C)c2cc(CO)cc(C(C)C)n2)cc1. The Bertz CT molecular complexity index is 591. The fraction of sp³-hybridized carbons (Fsp3) is 0.389. The molecule has 1 heterocycles. The Balaban J connectivity index is 2.36. The van der Waals surface area contributed by atoms with Gasteiger partial charge in [-0.3, -0.25) is 0 Å². The second-order valence-electron chi connectivity index (χ2n) is 5.65. The van der Waals surface area contributed by atoms with Crippen molar-refractivity contribution in [3.05, 3.63) is 53.2 Å². The zero-order chi connectivity index (χ0) is 15.4. The van der Waals surface area contributed by atoms with Crippen molar-refractivity contribution in [3.8, 4) is 0 Å². The fourth-order valence-corrected chi connectivity index (χ4v) is 2.24. The summed E-state index contributed by atoms with van der Waals surface area (Å²) in [5, 5.41) is 9.44. The van der Waals surface area contributed by atoms with Gasteiger partial charge >= 0.3 is 0 Å². The molecule has 0 aliphatic carbocycles.